The zero-order valence-corrected chi connectivity index (χ0v) is 14.5. The van der Waals surface area contributed by atoms with Crippen LogP contribution in [-0.2, 0) is 14.8 Å². The van der Waals surface area contributed by atoms with Crippen LogP contribution in [0.5, 0.6) is 0 Å². The van der Waals surface area contributed by atoms with Crippen LogP contribution in [0.15, 0.2) is 57.8 Å². The van der Waals surface area contributed by atoms with Crippen LogP contribution in [0.25, 0.3) is 22.3 Å². The summed E-state index contributed by atoms with van der Waals surface area (Å²) in [5, 5.41) is 9.80. The third kappa shape index (κ3) is 3.57. The van der Waals surface area contributed by atoms with Gasteiger partial charge in [-0.15, -0.1) is 0 Å². The van der Waals surface area contributed by atoms with Gasteiger partial charge in [-0.05, 0) is 55.8 Å². The normalized spacial score (nSPS) is 13.0. The number of sulfonamides is 1. The van der Waals surface area contributed by atoms with Crippen LogP contribution in [0, 0.1) is 6.92 Å². The first-order valence-electron chi connectivity index (χ1n) is 7.62. The zero-order valence-electron chi connectivity index (χ0n) is 13.7. The predicted molar refractivity (Wildman–Crippen MR) is 93.8 cm³/mol. The first-order valence-corrected chi connectivity index (χ1v) is 9.10. The predicted octanol–water partition coefficient (Wildman–Crippen LogP) is 3.16. The van der Waals surface area contributed by atoms with Gasteiger partial charge in [-0.25, -0.2) is 8.42 Å². The molecule has 130 valence electrons. The molecule has 0 aliphatic rings. The van der Waals surface area contributed by atoms with Crippen LogP contribution in [0.2, 0.25) is 0 Å². The second-order valence-corrected chi connectivity index (χ2v) is 7.57. The number of rotatable bonds is 5. The maximum Gasteiger partial charge on any atom is 0.321 e. The Hall–Kier alpha value is -2.64. The second kappa shape index (κ2) is 6.34. The van der Waals surface area contributed by atoms with Gasteiger partial charge in [0.05, 0.1) is 4.90 Å². The lowest BCUT2D eigenvalue weighted by Gasteiger charge is -2.10. The van der Waals surface area contributed by atoms with Crippen LogP contribution in [0.1, 0.15) is 12.5 Å². The van der Waals surface area contributed by atoms with Crippen molar-refractivity contribution in [2.75, 3.05) is 0 Å². The third-order valence-corrected chi connectivity index (χ3v) is 5.38. The molecule has 2 aromatic carbocycles. The van der Waals surface area contributed by atoms with Gasteiger partial charge in [-0.3, -0.25) is 4.79 Å². The molecule has 3 rings (SSSR count). The van der Waals surface area contributed by atoms with Crippen molar-refractivity contribution < 1.29 is 22.7 Å². The van der Waals surface area contributed by atoms with Gasteiger partial charge >= 0.3 is 5.97 Å². The van der Waals surface area contributed by atoms with Gasteiger partial charge in [-0.1, -0.05) is 12.1 Å². The van der Waals surface area contributed by atoms with Crippen LogP contribution in [-0.4, -0.2) is 25.5 Å². The Morgan fingerprint density at radius 2 is 1.80 bits per heavy atom. The molecule has 0 radical (unpaired) electrons. The van der Waals surface area contributed by atoms with E-state index in [-0.39, 0.29) is 4.90 Å². The topological polar surface area (TPSA) is 96.6 Å². The van der Waals surface area contributed by atoms with E-state index >= 15 is 0 Å². The molecule has 1 atom stereocenters. The quantitative estimate of drug-likeness (QED) is 0.729. The van der Waals surface area contributed by atoms with E-state index in [0.717, 1.165) is 22.1 Å². The number of benzene rings is 2. The number of nitrogens with one attached hydrogen (secondary N) is 1. The average molecular weight is 359 g/mol. The summed E-state index contributed by atoms with van der Waals surface area (Å²) >= 11 is 0. The summed E-state index contributed by atoms with van der Waals surface area (Å²) in [5.41, 5.74) is 2.59. The summed E-state index contributed by atoms with van der Waals surface area (Å²) in [6.45, 7) is 3.25. The van der Waals surface area contributed by atoms with Gasteiger partial charge in [0.15, 0.2) is 0 Å². The minimum absolute atomic E-state index is 0.00342. The molecule has 7 heteroatoms. The number of aliphatic carboxylic acids is 1. The minimum atomic E-state index is -3.90. The van der Waals surface area contributed by atoms with E-state index in [1.54, 1.807) is 12.1 Å². The Balaban J connectivity index is 1.89. The fourth-order valence-corrected chi connectivity index (χ4v) is 3.63. The Kier molecular flexibility index (Phi) is 4.36. The van der Waals surface area contributed by atoms with Gasteiger partial charge in [0.1, 0.15) is 17.4 Å². The highest BCUT2D eigenvalue weighted by molar-refractivity contribution is 7.89. The number of hydrogen-bond donors (Lipinski definition) is 2. The van der Waals surface area contributed by atoms with E-state index in [9.17, 15) is 13.2 Å². The molecule has 3 aromatic rings. The van der Waals surface area contributed by atoms with E-state index in [2.05, 4.69) is 4.72 Å². The Morgan fingerprint density at radius 1 is 1.12 bits per heavy atom. The number of furan rings is 1. The molecule has 0 amide bonds. The lowest BCUT2D eigenvalue weighted by Crippen LogP contribution is -2.38. The summed E-state index contributed by atoms with van der Waals surface area (Å²) in [7, 11) is -3.90. The molecule has 0 spiro atoms. The number of carboxylic acid groups (broad SMARTS) is 1. The first kappa shape index (κ1) is 17.2. The molecule has 0 aliphatic carbocycles. The number of aryl methyl sites for hydroxylation is 1. The van der Waals surface area contributed by atoms with Gasteiger partial charge < -0.3 is 9.52 Å². The summed E-state index contributed by atoms with van der Waals surface area (Å²) in [6, 6.07) is 12.7. The van der Waals surface area contributed by atoms with Crippen molar-refractivity contribution in [2.45, 2.75) is 24.8 Å². The zero-order chi connectivity index (χ0) is 18.2. The number of hydrogen-bond acceptors (Lipinski definition) is 4. The molecule has 25 heavy (non-hydrogen) atoms. The Labute approximate surface area is 145 Å². The smallest absolute Gasteiger partial charge is 0.321 e. The summed E-state index contributed by atoms with van der Waals surface area (Å²) in [4.78, 5) is 10.8. The fraction of sp³-hybridized carbons (Fsp3) is 0.167. The molecular weight excluding hydrogens is 342 g/mol. The van der Waals surface area contributed by atoms with E-state index in [1.165, 1.54) is 19.1 Å². The van der Waals surface area contributed by atoms with Gasteiger partial charge in [0, 0.05) is 10.9 Å². The molecule has 0 fully saturated rings. The van der Waals surface area contributed by atoms with Gasteiger partial charge in [0.25, 0.3) is 0 Å². The highest BCUT2D eigenvalue weighted by atomic mass is 32.2. The molecule has 6 nitrogen and oxygen atoms in total. The maximum atomic E-state index is 12.2. The largest absolute Gasteiger partial charge is 0.480 e. The molecule has 1 aromatic heterocycles. The fourth-order valence-electron chi connectivity index (χ4n) is 2.43. The lowest BCUT2D eigenvalue weighted by molar-refractivity contribution is -0.138. The third-order valence-electron chi connectivity index (χ3n) is 3.83. The van der Waals surface area contributed by atoms with Gasteiger partial charge in [0.2, 0.25) is 10.0 Å². The molecule has 0 unspecified atom stereocenters. The monoisotopic (exact) mass is 359 g/mol. The molecular formula is C18H17NO5S. The van der Waals surface area contributed by atoms with Crippen molar-refractivity contribution >= 4 is 27.0 Å². The minimum Gasteiger partial charge on any atom is -0.480 e. The SMILES string of the molecule is Cc1ccc2cc(-c3ccc(S(=O)(=O)N[C@H](C)C(=O)O)cc3)oc2c1. The summed E-state index contributed by atoms with van der Waals surface area (Å²) in [5.74, 6) is -0.603. The maximum absolute atomic E-state index is 12.2. The average Bonchev–Trinajstić information content (AvgIpc) is 2.97. The molecule has 2 N–H and O–H groups in total. The van der Waals surface area contributed by atoms with Crippen molar-refractivity contribution in [1.29, 1.82) is 0 Å². The summed E-state index contributed by atoms with van der Waals surface area (Å²) in [6.07, 6.45) is 0. The van der Waals surface area contributed by atoms with E-state index in [4.69, 9.17) is 9.52 Å². The molecule has 0 saturated heterocycles. The Morgan fingerprint density at radius 3 is 2.44 bits per heavy atom. The standard InChI is InChI=1S/C18H17NO5S/c1-11-3-4-14-10-17(24-16(14)9-11)13-5-7-15(8-6-13)25(22,23)19-12(2)18(20)21/h3-10,12,19H,1-2H3,(H,20,21)/t12-/m1/s1. The summed E-state index contributed by atoms with van der Waals surface area (Å²) < 4.78 is 32.3. The molecule has 0 saturated carbocycles. The number of fused-ring (bicyclic) bond motifs is 1. The van der Waals surface area contributed by atoms with Crippen LogP contribution < -0.4 is 4.72 Å². The number of carboxylic acids is 1. The molecule has 1 heterocycles. The van der Waals surface area contributed by atoms with E-state index in [1.807, 2.05) is 31.2 Å². The highest BCUT2D eigenvalue weighted by Crippen LogP contribution is 2.29. The van der Waals surface area contributed by atoms with Crippen molar-refractivity contribution in [3.8, 4) is 11.3 Å². The van der Waals surface area contributed by atoms with Crippen molar-refractivity contribution in [3.05, 3.63) is 54.1 Å². The molecule has 0 bridgehead atoms. The van der Waals surface area contributed by atoms with Crippen molar-refractivity contribution in [3.63, 3.8) is 0 Å². The Bertz CT molecular complexity index is 1040. The van der Waals surface area contributed by atoms with Crippen molar-refractivity contribution in [1.82, 2.24) is 4.72 Å². The van der Waals surface area contributed by atoms with Crippen LogP contribution >= 0.6 is 0 Å². The first-order chi connectivity index (χ1) is 11.8. The van der Waals surface area contributed by atoms with Gasteiger partial charge in [-0.2, -0.15) is 4.72 Å². The number of carbonyl (C=O) groups is 1. The second-order valence-electron chi connectivity index (χ2n) is 5.86. The highest BCUT2D eigenvalue weighted by Gasteiger charge is 2.21. The lowest BCUT2D eigenvalue weighted by atomic mass is 10.1. The van der Waals surface area contributed by atoms with Crippen LogP contribution in [0.4, 0.5) is 0 Å². The van der Waals surface area contributed by atoms with Crippen molar-refractivity contribution in [2.24, 2.45) is 0 Å². The molecule has 0 aliphatic heterocycles. The van der Waals surface area contributed by atoms with Crippen LogP contribution in [0.3, 0.4) is 0 Å². The van der Waals surface area contributed by atoms with E-state index < -0.39 is 22.0 Å². The van der Waals surface area contributed by atoms with E-state index in [0.29, 0.717) is 5.76 Å².